The average Bonchev–Trinajstić information content (AvgIpc) is 3.51. The molecule has 1 heterocycles. The van der Waals surface area contributed by atoms with E-state index in [9.17, 15) is 10.5 Å². The Hall–Kier alpha value is -6.94. The summed E-state index contributed by atoms with van der Waals surface area (Å²) in [5.41, 5.74) is 10.1. The van der Waals surface area contributed by atoms with Crippen LogP contribution in [0.4, 0.5) is 0 Å². The van der Waals surface area contributed by atoms with Crippen LogP contribution < -0.4 is 0 Å². The Labute approximate surface area is 283 Å². The molecule has 49 heavy (non-hydrogen) atoms. The zero-order chi connectivity index (χ0) is 32.9. The fourth-order valence-corrected chi connectivity index (χ4v) is 7.57. The van der Waals surface area contributed by atoms with Crippen molar-refractivity contribution in [3.8, 4) is 51.2 Å². The third-order valence-corrected chi connectivity index (χ3v) is 9.67. The molecular formula is C46H27N3. The highest BCUT2D eigenvalue weighted by Gasteiger charge is 2.20. The first-order valence-corrected chi connectivity index (χ1v) is 16.3. The topological polar surface area (TPSA) is 52.5 Å². The smallest absolute Gasteiger partial charge is 0.0998 e. The van der Waals surface area contributed by atoms with Gasteiger partial charge in [0, 0.05) is 27.6 Å². The molecule has 0 fully saturated rings. The van der Waals surface area contributed by atoms with Crippen LogP contribution in [0, 0.1) is 22.7 Å². The van der Waals surface area contributed by atoms with Crippen LogP contribution in [0.15, 0.2) is 164 Å². The first-order chi connectivity index (χ1) is 24.2. The molecule has 0 saturated heterocycles. The molecule has 0 aliphatic heterocycles. The number of hydrogen-bond donors (Lipinski definition) is 0. The van der Waals surface area contributed by atoms with E-state index in [0.29, 0.717) is 11.1 Å². The largest absolute Gasteiger partial charge is 0.309 e. The van der Waals surface area contributed by atoms with Crippen molar-refractivity contribution in [3.63, 3.8) is 0 Å². The summed E-state index contributed by atoms with van der Waals surface area (Å²) in [7, 11) is 0. The highest BCUT2D eigenvalue weighted by atomic mass is 15.0. The molecule has 0 aliphatic carbocycles. The third-order valence-electron chi connectivity index (χ3n) is 9.67. The molecule has 0 spiro atoms. The zero-order valence-electron chi connectivity index (χ0n) is 26.4. The van der Waals surface area contributed by atoms with Gasteiger partial charge in [-0.2, -0.15) is 10.5 Å². The Balaban J connectivity index is 1.32. The Bertz CT molecular complexity index is 2740. The van der Waals surface area contributed by atoms with Crippen molar-refractivity contribution in [1.29, 1.82) is 10.5 Å². The molecule has 0 radical (unpaired) electrons. The van der Waals surface area contributed by atoms with Crippen LogP contribution in [-0.4, -0.2) is 4.57 Å². The maximum Gasteiger partial charge on any atom is 0.0998 e. The van der Waals surface area contributed by atoms with Crippen molar-refractivity contribution >= 4 is 43.4 Å². The standard InChI is InChI=1S/C46H27N3/c47-28-32-23-22-31(46-39-18-6-4-16-37(39)45(30-12-2-1-3-13-30)38-17-5-7-19-40(38)46)26-41(32)42-27-34(25-24-33(42)29-48)49-43-20-10-8-14-35(43)36-15-9-11-21-44(36)49/h1-27H. The number of benzene rings is 8. The van der Waals surface area contributed by atoms with Gasteiger partial charge in [-0.15, -0.1) is 0 Å². The van der Waals surface area contributed by atoms with Crippen LogP contribution in [0.5, 0.6) is 0 Å². The average molecular weight is 622 g/mol. The summed E-state index contributed by atoms with van der Waals surface area (Å²) in [4.78, 5) is 0. The summed E-state index contributed by atoms with van der Waals surface area (Å²) in [5, 5.41) is 27.7. The van der Waals surface area contributed by atoms with Gasteiger partial charge < -0.3 is 4.57 Å². The van der Waals surface area contributed by atoms with E-state index >= 15 is 0 Å². The minimum Gasteiger partial charge on any atom is -0.309 e. The molecule has 226 valence electrons. The van der Waals surface area contributed by atoms with Gasteiger partial charge in [0.15, 0.2) is 0 Å². The summed E-state index contributed by atoms with van der Waals surface area (Å²) >= 11 is 0. The number of fused-ring (bicyclic) bond motifs is 5. The molecule has 9 aromatic rings. The molecule has 0 N–H and O–H groups in total. The lowest BCUT2D eigenvalue weighted by Crippen LogP contribution is -1.97. The molecule has 0 unspecified atom stereocenters. The lowest BCUT2D eigenvalue weighted by Gasteiger charge is -2.19. The summed E-state index contributed by atoms with van der Waals surface area (Å²) in [6.45, 7) is 0. The van der Waals surface area contributed by atoms with E-state index in [0.717, 1.165) is 49.7 Å². The van der Waals surface area contributed by atoms with Gasteiger partial charge in [0.2, 0.25) is 0 Å². The van der Waals surface area contributed by atoms with Crippen molar-refractivity contribution in [1.82, 2.24) is 4.57 Å². The maximum atomic E-state index is 10.4. The van der Waals surface area contributed by atoms with Crippen LogP contribution in [0.1, 0.15) is 11.1 Å². The molecule has 1 aromatic heterocycles. The van der Waals surface area contributed by atoms with Gasteiger partial charge in [-0.1, -0.05) is 121 Å². The summed E-state index contributed by atoms with van der Waals surface area (Å²) in [5.74, 6) is 0. The first kappa shape index (κ1) is 28.3. The van der Waals surface area contributed by atoms with Gasteiger partial charge in [-0.05, 0) is 86.3 Å². The first-order valence-electron chi connectivity index (χ1n) is 16.3. The number of rotatable bonds is 4. The molecule has 3 heteroatoms. The molecule has 8 aromatic carbocycles. The number of nitrogens with zero attached hydrogens (tertiary/aromatic N) is 3. The number of hydrogen-bond acceptors (Lipinski definition) is 2. The van der Waals surface area contributed by atoms with Gasteiger partial charge in [0.05, 0.1) is 34.3 Å². The Morgan fingerprint density at radius 1 is 0.367 bits per heavy atom. The molecule has 0 amide bonds. The summed E-state index contributed by atoms with van der Waals surface area (Å²) in [6.07, 6.45) is 0. The van der Waals surface area contributed by atoms with Gasteiger partial charge in [0.25, 0.3) is 0 Å². The van der Waals surface area contributed by atoms with E-state index in [2.05, 4.69) is 150 Å². The molecule has 9 rings (SSSR count). The van der Waals surface area contributed by atoms with E-state index in [1.807, 2.05) is 30.3 Å². The van der Waals surface area contributed by atoms with E-state index in [1.54, 1.807) is 0 Å². The summed E-state index contributed by atoms with van der Waals surface area (Å²) < 4.78 is 2.24. The Kier molecular flexibility index (Phi) is 6.58. The van der Waals surface area contributed by atoms with Crippen molar-refractivity contribution in [2.75, 3.05) is 0 Å². The van der Waals surface area contributed by atoms with Crippen LogP contribution in [0.25, 0.3) is 82.4 Å². The van der Waals surface area contributed by atoms with Gasteiger partial charge in [-0.25, -0.2) is 0 Å². The van der Waals surface area contributed by atoms with E-state index in [1.165, 1.54) is 32.7 Å². The maximum absolute atomic E-state index is 10.4. The predicted molar refractivity (Wildman–Crippen MR) is 202 cm³/mol. The minimum absolute atomic E-state index is 0.521. The highest BCUT2D eigenvalue weighted by Crippen LogP contribution is 2.45. The van der Waals surface area contributed by atoms with Gasteiger partial charge >= 0.3 is 0 Å². The molecule has 0 saturated carbocycles. The molecule has 3 nitrogen and oxygen atoms in total. The van der Waals surface area contributed by atoms with Crippen molar-refractivity contribution in [3.05, 3.63) is 175 Å². The predicted octanol–water partition coefficient (Wildman–Crippen LogP) is 11.8. The SMILES string of the molecule is N#Cc1ccc(-c2c3ccccc3c(-c3ccccc3)c3ccccc23)cc1-c1cc(-n2c3ccccc3c3ccccc32)ccc1C#N. The van der Waals surface area contributed by atoms with Crippen LogP contribution >= 0.6 is 0 Å². The van der Waals surface area contributed by atoms with Crippen LogP contribution in [0.3, 0.4) is 0 Å². The van der Waals surface area contributed by atoms with E-state index < -0.39 is 0 Å². The van der Waals surface area contributed by atoms with Crippen LogP contribution in [0.2, 0.25) is 0 Å². The quantitative estimate of drug-likeness (QED) is 0.184. The molecule has 0 aliphatic rings. The second-order valence-electron chi connectivity index (χ2n) is 12.3. The van der Waals surface area contributed by atoms with Gasteiger partial charge in [0.1, 0.15) is 0 Å². The lowest BCUT2D eigenvalue weighted by atomic mass is 9.84. The number of para-hydroxylation sites is 2. The van der Waals surface area contributed by atoms with Gasteiger partial charge in [-0.3, -0.25) is 0 Å². The second-order valence-corrected chi connectivity index (χ2v) is 12.3. The zero-order valence-corrected chi connectivity index (χ0v) is 26.4. The monoisotopic (exact) mass is 621 g/mol. The normalized spacial score (nSPS) is 11.2. The molecule has 0 bridgehead atoms. The lowest BCUT2D eigenvalue weighted by molar-refractivity contribution is 1.18. The van der Waals surface area contributed by atoms with Crippen molar-refractivity contribution in [2.24, 2.45) is 0 Å². The minimum atomic E-state index is 0.521. The third kappa shape index (κ3) is 4.42. The van der Waals surface area contributed by atoms with E-state index in [4.69, 9.17) is 0 Å². The fraction of sp³-hybridized carbons (Fsp3) is 0. The molecule has 0 atom stereocenters. The number of aromatic nitrogens is 1. The Morgan fingerprint density at radius 2 is 0.796 bits per heavy atom. The van der Waals surface area contributed by atoms with E-state index in [-0.39, 0.29) is 0 Å². The van der Waals surface area contributed by atoms with Crippen LogP contribution in [-0.2, 0) is 0 Å². The summed E-state index contributed by atoms with van der Waals surface area (Å²) in [6, 6.07) is 61.3. The number of nitriles is 2. The fourth-order valence-electron chi connectivity index (χ4n) is 7.57. The molecular weight excluding hydrogens is 595 g/mol. The van der Waals surface area contributed by atoms with Crippen molar-refractivity contribution in [2.45, 2.75) is 0 Å². The Morgan fingerprint density at radius 3 is 1.33 bits per heavy atom. The highest BCUT2D eigenvalue weighted by molar-refractivity contribution is 6.21. The van der Waals surface area contributed by atoms with Crippen molar-refractivity contribution < 1.29 is 0 Å². The second kappa shape index (κ2) is 11.4.